The second kappa shape index (κ2) is 6.03. The molecule has 0 radical (unpaired) electrons. The number of hydrogen-bond acceptors (Lipinski definition) is 3. The third kappa shape index (κ3) is 4.75. The highest BCUT2D eigenvalue weighted by molar-refractivity contribution is 5.46. The number of aliphatic hydroxyl groups is 1. The Balaban J connectivity index is 2.40. The quantitative estimate of drug-likeness (QED) is 0.793. The van der Waals surface area contributed by atoms with Crippen LogP contribution in [0.1, 0.15) is 25.3 Å². The molecule has 1 aromatic rings. The van der Waals surface area contributed by atoms with Gasteiger partial charge in [0.2, 0.25) is 0 Å². The Morgan fingerprint density at radius 3 is 2.41 bits per heavy atom. The first-order valence-electron chi connectivity index (χ1n) is 6.15. The van der Waals surface area contributed by atoms with Crippen molar-refractivity contribution in [2.45, 2.75) is 32.3 Å². The molecular weight excluding hydrogens is 212 g/mol. The summed E-state index contributed by atoms with van der Waals surface area (Å²) < 4.78 is 0. The van der Waals surface area contributed by atoms with Crippen LogP contribution in [0, 0.1) is 6.92 Å². The summed E-state index contributed by atoms with van der Waals surface area (Å²) in [7, 11) is 2.07. The molecule has 1 rings (SSSR count). The zero-order valence-electron chi connectivity index (χ0n) is 11.1. The highest BCUT2D eigenvalue weighted by Gasteiger charge is 2.17. The number of nitrogens with two attached hydrogens (primary N) is 1. The van der Waals surface area contributed by atoms with Crippen molar-refractivity contribution in [2.24, 2.45) is 5.73 Å². The molecule has 17 heavy (non-hydrogen) atoms. The number of rotatable bonds is 6. The molecule has 1 aromatic carbocycles. The van der Waals surface area contributed by atoms with Gasteiger partial charge in [-0.25, -0.2) is 0 Å². The zero-order chi connectivity index (χ0) is 12.9. The molecule has 0 spiro atoms. The molecule has 0 bridgehead atoms. The molecule has 0 heterocycles. The maximum Gasteiger partial charge on any atom is 0.0742 e. The normalized spacial score (nSPS) is 14.4. The number of benzene rings is 1. The molecule has 3 nitrogen and oxygen atoms in total. The summed E-state index contributed by atoms with van der Waals surface area (Å²) in [5, 5.41) is 9.80. The molecule has 0 amide bonds. The van der Waals surface area contributed by atoms with Crippen LogP contribution in [0.4, 0.5) is 5.69 Å². The Bertz CT molecular complexity index is 333. The summed E-state index contributed by atoms with van der Waals surface area (Å²) >= 11 is 0. The van der Waals surface area contributed by atoms with Gasteiger partial charge in [-0.2, -0.15) is 0 Å². The standard InChI is InChI=1S/C14H24N2O/c1-12-5-7-13(8-6-12)16(3)10-4-9-14(2,17)11-15/h5-8,17H,4,9-11,15H2,1-3H3. The topological polar surface area (TPSA) is 49.5 Å². The van der Waals surface area contributed by atoms with Gasteiger partial charge in [-0.15, -0.1) is 0 Å². The van der Waals surface area contributed by atoms with E-state index in [4.69, 9.17) is 5.73 Å². The molecule has 0 saturated heterocycles. The van der Waals surface area contributed by atoms with Gasteiger partial charge in [-0.1, -0.05) is 17.7 Å². The second-order valence-corrected chi connectivity index (χ2v) is 5.06. The highest BCUT2D eigenvalue weighted by atomic mass is 16.3. The SMILES string of the molecule is Cc1ccc(N(C)CCCC(C)(O)CN)cc1. The van der Waals surface area contributed by atoms with E-state index in [1.54, 1.807) is 6.92 Å². The van der Waals surface area contributed by atoms with E-state index in [0.29, 0.717) is 6.54 Å². The van der Waals surface area contributed by atoms with Crippen LogP contribution < -0.4 is 10.6 Å². The van der Waals surface area contributed by atoms with Crippen LogP contribution in [0.5, 0.6) is 0 Å². The van der Waals surface area contributed by atoms with Gasteiger partial charge < -0.3 is 15.7 Å². The van der Waals surface area contributed by atoms with Crippen LogP contribution in [0.3, 0.4) is 0 Å². The first kappa shape index (κ1) is 14.0. The van der Waals surface area contributed by atoms with Crippen LogP contribution in [0.2, 0.25) is 0 Å². The van der Waals surface area contributed by atoms with Gasteiger partial charge >= 0.3 is 0 Å². The van der Waals surface area contributed by atoms with Gasteiger partial charge in [-0.3, -0.25) is 0 Å². The maximum atomic E-state index is 9.80. The van der Waals surface area contributed by atoms with Crippen LogP contribution in [0.25, 0.3) is 0 Å². The van der Waals surface area contributed by atoms with Gasteiger partial charge in [0, 0.05) is 25.8 Å². The Morgan fingerprint density at radius 1 is 1.29 bits per heavy atom. The van der Waals surface area contributed by atoms with E-state index in [1.807, 2.05) is 0 Å². The van der Waals surface area contributed by atoms with Crippen molar-refractivity contribution in [2.75, 3.05) is 25.0 Å². The fourth-order valence-electron chi connectivity index (χ4n) is 1.73. The van der Waals surface area contributed by atoms with Gasteiger partial charge in [0.15, 0.2) is 0 Å². The average molecular weight is 236 g/mol. The largest absolute Gasteiger partial charge is 0.389 e. The lowest BCUT2D eigenvalue weighted by molar-refractivity contribution is 0.0585. The van der Waals surface area contributed by atoms with Gasteiger partial charge in [0.05, 0.1) is 5.60 Å². The Hall–Kier alpha value is -1.06. The maximum absolute atomic E-state index is 9.80. The lowest BCUT2D eigenvalue weighted by Gasteiger charge is -2.24. The Kier molecular flexibility index (Phi) is 4.97. The summed E-state index contributed by atoms with van der Waals surface area (Å²) in [5.74, 6) is 0. The third-order valence-electron chi connectivity index (χ3n) is 3.12. The third-order valence-corrected chi connectivity index (χ3v) is 3.12. The van der Waals surface area contributed by atoms with Crippen molar-refractivity contribution < 1.29 is 5.11 Å². The summed E-state index contributed by atoms with van der Waals surface area (Å²) in [5.41, 5.74) is 7.24. The summed E-state index contributed by atoms with van der Waals surface area (Å²) in [4.78, 5) is 2.20. The minimum atomic E-state index is -0.728. The molecule has 0 aliphatic rings. The van der Waals surface area contributed by atoms with E-state index in [2.05, 4.69) is 43.1 Å². The molecule has 0 fully saturated rings. The number of aryl methyl sites for hydroxylation is 1. The van der Waals surface area contributed by atoms with Crippen molar-refractivity contribution in [3.63, 3.8) is 0 Å². The number of hydrogen-bond donors (Lipinski definition) is 2. The van der Waals surface area contributed by atoms with Gasteiger partial charge in [0.25, 0.3) is 0 Å². The van der Waals surface area contributed by atoms with Crippen molar-refractivity contribution in [1.82, 2.24) is 0 Å². The molecular formula is C14H24N2O. The summed E-state index contributed by atoms with van der Waals surface area (Å²) in [6.07, 6.45) is 1.67. The average Bonchev–Trinajstić information content (AvgIpc) is 2.29. The molecule has 3 N–H and O–H groups in total. The van der Waals surface area contributed by atoms with Crippen molar-refractivity contribution >= 4 is 5.69 Å². The van der Waals surface area contributed by atoms with Crippen molar-refractivity contribution in [3.05, 3.63) is 29.8 Å². The van der Waals surface area contributed by atoms with Crippen LogP contribution in [0.15, 0.2) is 24.3 Å². The van der Waals surface area contributed by atoms with Crippen LogP contribution in [-0.2, 0) is 0 Å². The predicted molar refractivity (Wildman–Crippen MR) is 73.4 cm³/mol. The van der Waals surface area contributed by atoms with E-state index >= 15 is 0 Å². The monoisotopic (exact) mass is 236 g/mol. The van der Waals surface area contributed by atoms with E-state index in [9.17, 15) is 5.11 Å². The zero-order valence-corrected chi connectivity index (χ0v) is 11.1. The summed E-state index contributed by atoms with van der Waals surface area (Å²) in [6.45, 7) is 5.13. The molecule has 0 aliphatic carbocycles. The second-order valence-electron chi connectivity index (χ2n) is 5.06. The molecule has 3 heteroatoms. The summed E-state index contributed by atoms with van der Waals surface area (Å²) in [6, 6.07) is 8.47. The highest BCUT2D eigenvalue weighted by Crippen LogP contribution is 2.16. The lowest BCUT2D eigenvalue weighted by Crippen LogP contribution is -2.35. The van der Waals surface area contributed by atoms with E-state index in [1.165, 1.54) is 11.3 Å². The molecule has 1 atom stereocenters. The minimum Gasteiger partial charge on any atom is -0.389 e. The number of anilines is 1. The van der Waals surface area contributed by atoms with Crippen LogP contribution in [-0.4, -0.2) is 30.8 Å². The predicted octanol–water partition coefficient (Wildman–Crippen LogP) is 1.92. The van der Waals surface area contributed by atoms with Crippen LogP contribution >= 0.6 is 0 Å². The molecule has 0 saturated carbocycles. The minimum absolute atomic E-state index is 0.321. The van der Waals surface area contributed by atoms with Crippen molar-refractivity contribution in [1.29, 1.82) is 0 Å². The molecule has 0 aromatic heterocycles. The lowest BCUT2D eigenvalue weighted by atomic mass is 10.0. The van der Waals surface area contributed by atoms with Gasteiger partial charge in [0.1, 0.15) is 0 Å². The van der Waals surface area contributed by atoms with E-state index < -0.39 is 5.60 Å². The first-order valence-corrected chi connectivity index (χ1v) is 6.15. The van der Waals surface area contributed by atoms with E-state index in [-0.39, 0.29) is 0 Å². The van der Waals surface area contributed by atoms with Gasteiger partial charge in [-0.05, 0) is 38.8 Å². The number of nitrogens with zero attached hydrogens (tertiary/aromatic N) is 1. The fraction of sp³-hybridized carbons (Fsp3) is 0.571. The van der Waals surface area contributed by atoms with E-state index in [0.717, 1.165) is 19.4 Å². The smallest absolute Gasteiger partial charge is 0.0742 e. The fourth-order valence-corrected chi connectivity index (χ4v) is 1.73. The first-order chi connectivity index (χ1) is 7.94. The van der Waals surface area contributed by atoms with Crippen molar-refractivity contribution in [3.8, 4) is 0 Å². The molecule has 0 aliphatic heterocycles. The Morgan fingerprint density at radius 2 is 1.88 bits per heavy atom. The molecule has 96 valence electrons. The molecule has 1 unspecified atom stereocenters. The Labute approximate surface area is 104 Å².